The molecule has 0 bridgehead atoms. The van der Waals surface area contributed by atoms with Gasteiger partial charge in [0, 0.05) is 30.4 Å². The van der Waals surface area contributed by atoms with Gasteiger partial charge in [-0.25, -0.2) is 0 Å². The highest BCUT2D eigenvalue weighted by Crippen LogP contribution is 2.45. The summed E-state index contributed by atoms with van der Waals surface area (Å²) in [4.78, 5) is 2.51. The number of para-hydroxylation sites is 1. The Morgan fingerprint density at radius 2 is 1.95 bits per heavy atom. The minimum Gasteiger partial charge on any atom is -0.340 e. The number of hydrogen-bond acceptors (Lipinski definition) is 2. The summed E-state index contributed by atoms with van der Waals surface area (Å²) in [7, 11) is 0. The quantitative estimate of drug-likeness (QED) is 0.849. The van der Waals surface area contributed by atoms with Crippen molar-refractivity contribution in [1.29, 1.82) is 0 Å². The average molecular weight is 264 g/mol. The molecule has 0 unspecified atom stereocenters. The maximum Gasteiger partial charge on any atom is 0.0480 e. The van der Waals surface area contributed by atoms with E-state index in [-0.39, 0.29) is 0 Å². The number of nitrogens with zero attached hydrogens (tertiary/aromatic N) is 1. The first-order valence-corrected chi connectivity index (χ1v) is 7.50. The molecule has 0 aromatic heterocycles. The van der Waals surface area contributed by atoms with Crippen molar-refractivity contribution in [2.75, 3.05) is 24.5 Å². The molecular weight excluding hydrogens is 244 g/mol. The monoisotopic (exact) mass is 264 g/mol. The van der Waals surface area contributed by atoms with Crippen molar-refractivity contribution in [1.82, 2.24) is 5.32 Å². The molecule has 20 heavy (non-hydrogen) atoms. The van der Waals surface area contributed by atoms with Gasteiger partial charge in [0.2, 0.25) is 0 Å². The minimum absolute atomic E-state index is 0.627. The van der Waals surface area contributed by atoms with Crippen LogP contribution in [0.25, 0.3) is 0 Å². The minimum atomic E-state index is 0.627. The van der Waals surface area contributed by atoms with Crippen LogP contribution in [-0.2, 0) is 6.42 Å². The largest absolute Gasteiger partial charge is 0.340 e. The zero-order chi connectivity index (χ0) is 13.5. The van der Waals surface area contributed by atoms with E-state index in [1.54, 1.807) is 11.1 Å². The summed E-state index contributed by atoms with van der Waals surface area (Å²) < 4.78 is 0. The van der Waals surface area contributed by atoms with Gasteiger partial charge in [-0.15, -0.1) is 0 Å². The number of nitrogens with one attached hydrogen (secondary N) is 1. The van der Waals surface area contributed by atoms with Gasteiger partial charge in [-0.05, 0) is 48.7 Å². The molecule has 0 fully saturated rings. The molecule has 2 aromatic carbocycles. The first-order chi connectivity index (χ1) is 9.84. The van der Waals surface area contributed by atoms with Gasteiger partial charge in [0.25, 0.3) is 0 Å². The Balaban J connectivity index is 1.89. The highest BCUT2D eigenvalue weighted by Gasteiger charge is 2.33. The second-order valence-electron chi connectivity index (χ2n) is 5.90. The third-order valence-electron chi connectivity index (χ3n) is 4.62. The Hall–Kier alpha value is -1.80. The van der Waals surface area contributed by atoms with Crippen molar-refractivity contribution in [3.63, 3.8) is 0 Å². The van der Waals surface area contributed by atoms with Crippen LogP contribution in [0.2, 0.25) is 0 Å². The lowest BCUT2D eigenvalue weighted by atomic mass is 9.93. The van der Waals surface area contributed by atoms with E-state index in [1.165, 1.54) is 16.9 Å². The molecule has 0 radical (unpaired) electrons. The van der Waals surface area contributed by atoms with Crippen molar-refractivity contribution in [3.8, 4) is 0 Å². The molecule has 1 atom stereocenters. The fourth-order valence-electron chi connectivity index (χ4n) is 3.70. The lowest BCUT2D eigenvalue weighted by molar-refractivity contribution is 0.629. The van der Waals surface area contributed by atoms with E-state index >= 15 is 0 Å². The number of benzene rings is 2. The molecule has 4 rings (SSSR count). The lowest BCUT2D eigenvalue weighted by Crippen LogP contribution is -2.24. The van der Waals surface area contributed by atoms with Crippen LogP contribution >= 0.6 is 0 Å². The fourth-order valence-corrected chi connectivity index (χ4v) is 3.70. The molecule has 2 heteroatoms. The number of rotatable bonds is 1. The van der Waals surface area contributed by atoms with E-state index < -0.39 is 0 Å². The van der Waals surface area contributed by atoms with Gasteiger partial charge in [0.05, 0.1) is 0 Å². The summed E-state index contributed by atoms with van der Waals surface area (Å²) in [5.41, 5.74) is 7.31. The zero-order valence-electron chi connectivity index (χ0n) is 11.9. The second-order valence-corrected chi connectivity index (χ2v) is 5.90. The summed E-state index contributed by atoms with van der Waals surface area (Å²) in [6, 6.07) is 15.4. The van der Waals surface area contributed by atoms with Crippen LogP contribution < -0.4 is 10.2 Å². The second kappa shape index (κ2) is 4.64. The Bertz CT molecular complexity index is 633. The summed E-state index contributed by atoms with van der Waals surface area (Å²) in [5.74, 6) is 0.627. The maximum atomic E-state index is 3.59. The van der Waals surface area contributed by atoms with E-state index in [4.69, 9.17) is 0 Å². The van der Waals surface area contributed by atoms with E-state index in [2.05, 4.69) is 59.6 Å². The van der Waals surface area contributed by atoms with Crippen LogP contribution in [0, 0.1) is 6.92 Å². The third kappa shape index (κ3) is 1.75. The van der Waals surface area contributed by atoms with E-state index in [9.17, 15) is 0 Å². The topological polar surface area (TPSA) is 15.3 Å². The van der Waals surface area contributed by atoms with Crippen molar-refractivity contribution in [3.05, 3.63) is 59.2 Å². The Labute approximate surface area is 120 Å². The smallest absolute Gasteiger partial charge is 0.0480 e. The van der Waals surface area contributed by atoms with E-state index in [1.807, 2.05) is 0 Å². The molecule has 0 saturated heterocycles. The standard InChI is InChI=1S/C18H20N2/c1-13-7-8-14-9-10-19-11-15-12-20(18(13)17(14)15)16-5-3-2-4-6-16/h2-8,15,19H,9-12H2,1H3/t15-/m0/s1. The molecule has 2 heterocycles. The van der Waals surface area contributed by atoms with E-state index in [0.717, 1.165) is 26.1 Å². The molecule has 2 aliphatic heterocycles. The molecule has 0 spiro atoms. The van der Waals surface area contributed by atoms with Crippen LogP contribution in [-0.4, -0.2) is 19.6 Å². The molecule has 0 aliphatic carbocycles. The lowest BCUT2D eigenvalue weighted by Gasteiger charge is -2.22. The van der Waals surface area contributed by atoms with Crippen molar-refractivity contribution < 1.29 is 0 Å². The summed E-state index contributed by atoms with van der Waals surface area (Å²) >= 11 is 0. The third-order valence-corrected chi connectivity index (χ3v) is 4.62. The van der Waals surface area contributed by atoms with E-state index in [0.29, 0.717) is 5.92 Å². The Morgan fingerprint density at radius 1 is 1.10 bits per heavy atom. The summed E-state index contributed by atoms with van der Waals surface area (Å²) in [6.07, 6.45) is 1.15. The van der Waals surface area contributed by atoms with Crippen LogP contribution in [0.15, 0.2) is 42.5 Å². The van der Waals surface area contributed by atoms with Gasteiger partial charge in [0.15, 0.2) is 0 Å². The molecule has 2 aromatic rings. The number of anilines is 2. The highest BCUT2D eigenvalue weighted by molar-refractivity contribution is 5.75. The van der Waals surface area contributed by atoms with Crippen molar-refractivity contribution >= 4 is 11.4 Å². The van der Waals surface area contributed by atoms with Crippen LogP contribution in [0.3, 0.4) is 0 Å². The molecule has 2 aliphatic rings. The van der Waals surface area contributed by atoms with Crippen LogP contribution in [0.4, 0.5) is 11.4 Å². The van der Waals surface area contributed by atoms with Gasteiger partial charge < -0.3 is 10.2 Å². The molecule has 0 saturated carbocycles. The first kappa shape index (κ1) is 12.0. The normalized spacial score (nSPS) is 20.6. The average Bonchev–Trinajstić information content (AvgIpc) is 2.76. The number of hydrogen-bond donors (Lipinski definition) is 1. The van der Waals surface area contributed by atoms with Crippen LogP contribution in [0.1, 0.15) is 22.6 Å². The highest BCUT2D eigenvalue weighted by atomic mass is 15.2. The molecule has 102 valence electrons. The maximum absolute atomic E-state index is 3.59. The molecular formula is C18H20N2. The summed E-state index contributed by atoms with van der Waals surface area (Å²) in [6.45, 7) is 5.56. The van der Waals surface area contributed by atoms with Gasteiger partial charge in [0.1, 0.15) is 0 Å². The predicted molar refractivity (Wildman–Crippen MR) is 83.9 cm³/mol. The zero-order valence-corrected chi connectivity index (χ0v) is 11.9. The molecule has 0 amide bonds. The Kier molecular flexibility index (Phi) is 2.78. The predicted octanol–water partition coefficient (Wildman–Crippen LogP) is 3.38. The molecule has 1 N–H and O–H groups in total. The first-order valence-electron chi connectivity index (χ1n) is 7.50. The van der Waals surface area contributed by atoms with Crippen molar-refractivity contribution in [2.24, 2.45) is 0 Å². The Morgan fingerprint density at radius 3 is 2.80 bits per heavy atom. The number of aryl methyl sites for hydroxylation is 1. The van der Waals surface area contributed by atoms with Gasteiger partial charge in [-0.3, -0.25) is 0 Å². The fraction of sp³-hybridized carbons (Fsp3) is 0.333. The SMILES string of the molecule is Cc1ccc2c3c1N(c1ccccc1)C[C@@H]3CNCC2. The van der Waals surface area contributed by atoms with Crippen molar-refractivity contribution in [2.45, 2.75) is 19.3 Å². The van der Waals surface area contributed by atoms with Crippen LogP contribution in [0.5, 0.6) is 0 Å². The van der Waals surface area contributed by atoms with Gasteiger partial charge >= 0.3 is 0 Å². The van der Waals surface area contributed by atoms with Gasteiger partial charge in [-0.1, -0.05) is 30.3 Å². The van der Waals surface area contributed by atoms with Gasteiger partial charge in [-0.2, -0.15) is 0 Å². The summed E-state index contributed by atoms with van der Waals surface area (Å²) in [5, 5.41) is 3.59. The molecule has 2 nitrogen and oxygen atoms in total.